The van der Waals surface area contributed by atoms with Crippen LogP contribution in [0.15, 0.2) is 200 Å². The lowest BCUT2D eigenvalue weighted by atomic mass is 9.92. The van der Waals surface area contributed by atoms with Gasteiger partial charge in [-0.2, -0.15) is 0 Å². The van der Waals surface area contributed by atoms with E-state index in [1.54, 1.807) is 0 Å². The molecule has 0 N–H and O–H groups in total. The Hall–Kier alpha value is -6.52. The van der Waals surface area contributed by atoms with Gasteiger partial charge >= 0.3 is 0 Å². The minimum absolute atomic E-state index is 1.12. The number of nitrogens with zero attached hydrogens (tertiary/aromatic N) is 1. The Labute approximate surface area is 327 Å². The van der Waals surface area contributed by atoms with E-state index in [1.165, 1.54) is 90.2 Å². The molecule has 0 amide bonds. The Morgan fingerprint density at radius 3 is 1.84 bits per heavy atom. The fourth-order valence-electron chi connectivity index (χ4n) is 8.26. The summed E-state index contributed by atoms with van der Waals surface area (Å²) < 4.78 is 5.22. The summed E-state index contributed by atoms with van der Waals surface area (Å²) in [7, 11) is 0. The molecular formula is C52H33NS2. The normalized spacial score (nSPS) is 11.6. The van der Waals surface area contributed by atoms with Crippen molar-refractivity contribution >= 4 is 90.9 Å². The van der Waals surface area contributed by atoms with Crippen LogP contribution in [0.1, 0.15) is 0 Å². The molecule has 0 aliphatic rings. The second kappa shape index (κ2) is 13.1. The van der Waals surface area contributed by atoms with E-state index in [9.17, 15) is 0 Å². The average molecular weight is 736 g/mol. The summed E-state index contributed by atoms with van der Waals surface area (Å²) in [6.07, 6.45) is 0. The summed E-state index contributed by atoms with van der Waals surface area (Å²) in [5.74, 6) is 0. The van der Waals surface area contributed by atoms with Crippen LogP contribution in [0, 0.1) is 0 Å². The first kappa shape index (κ1) is 32.0. The fraction of sp³-hybridized carbons (Fsp3) is 0. The molecule has 0 atom stereocenters. The molecule has 0 fully saturated rings. The molecule has 2 heterocycles. The van der Waals surface area contributed by atoms with Crippen LogP contribution in [0.5, 0.6) is 0 Å². The van der Waals surface area contributed by atoms with Crippen molar-refractivity contribution in [1.82, 2.24) is 0 Å². The predicted octanol–water partition coefficient (Wildman–Crippen LogP) is 16.0. The highest BCUT2D eigenvalue weighted by molar-refractivity contribution is 7.26. The van der Waals surface area contributed by atoms with Crippen molar-refractivity contribution in [3.8, 4) is 33.4 Å². The maximum atomic E-state index is 2.46. The first-order valence-corrected chi connectivity index (χ1v) is 20.3. The smallest absolute Gasteiger partial charge is 0.0554 e. The van der Waals surface area contributed by atoms with Crippen LogP contribution in [0.2, 0.25) is 0 Å². The van der Waals surface area contributed by atoms with Crippen LogP contribution >= 0.6 is 22.7 Å². The Morgan fingerprint density at radius 2 is 0.982 bits per heavy atom. The topological polar surface area (TPSA) is 3.24 Å². The summed E-state index contributed by atoms with van der Waals surface area (Å²) >= 11 is 3.75. The SMILES string of the molecule is c1ccc(-c2cc(N(c3ccc(-c4ccc5ccccc5c4)cc3)c3cccc4sc5ccccc5c34)ccc2-c2cccc3c2sc2ccccc23)cc1. The Balaban J connectivity index is 1.13. The van der Waals surface area contributed by atoms with E-state index in [4.69, 9.17) is 0 Å². The summed E-state index contributed by atoms with van der Waals surface area (Å²) in [5, 5.41) is 7.70. The maximum absolute atomic E-state index is 2.46. The fourth-order valence-corrected chi connectivity index (χ4v) is 10.6. The van der Waals surface area contributed by atoms with E-state index in [0.29, 0.717) is 0 Å². The number of thiophene rings is 2. The van der Waals surface area contributed by atoms with Gasteiger partial charge in [-0.25, -0.2) is 0 Å². The van der Waals surface area contributed by atoms with E-state index in [1.807, 2.05) is 22.7 Å². The summed E-state index contributed by atoms with van der Waals surface area (Å²) in [4.78, 5) is 2.46. The largest absolute Gasteiger partial charge is 0.310 e. The first-order chi connectivity index (χ1) is 27.3. The Bertz CT molecular complexity index is 3210. The molecule has 0 saturated carbocycles. The van der Waals surface area contributed by atoms with E-state index < -0.39 is 0 Å². The van der Waals surface area contributed by atoms with Crippen LogP contribution in [0.25, 0.3) is 84.5 Å². The van der Waals surface area contributed by atoms with Gasteiger partial charge in [-0.05, 0) is 93.2 Å². The lowest BCUT2D eigenvalue weighted by molar-refractivity contribution is 1.30. The number of hydrogen-bond acceptors (Lipinski definition) is 3. The number of fused-ring (bicyclic) bond motifs is 7. The van der Waals surface area contributed by atoms with Crippen molar-refractivity contribution in [2.24, 2.45) is 0 Å². The molecule has 0 unspecified atom stereocenters. The predicted molar refractivity (Wildman–Crippen MR) is 241 cm³/mol. The average Bonchev–Trinajstić information content (AvgIpc) is 3.83. The molecule has 258 valence electrons. The molecule has 0 spiro atoms. The zero-order chi connectivity index (χ0) is 36.3. The second-order valence-electron chi connectivity index (χ2n) is 14.1. The van der Waals surface area contributed by atoms with E-state index >= 15 is 0 Å². The Morgan fingerprint density at radius 1 is 0.327 bits per heavy atom. The zero-order valence-corrected chi connectivity index (χ0v) is 31.4. The number of hydrogen-bond donors (Lipinski definition) is 0. The third-order valence-electron chi connectivity index (χ3n) is 10.9. The third-order valence-corrected chi connectivity index (χ3v) is 13.2. The van der Waals surface area contributed by atoms with Crippen molar-refractivity contribution in [2.45, 2.75) is 0 Å². The second-order valence-corrected chi connectivity index (χ2v) is 16.2. The molecule has 0 aliphatic carbocycles. The van der Waals surface area contributed by atoms with Crippen LogP contribution in [0.3, 0.4) is 0 Å². The lowest BCUT2D eigenvalue weighted by Gasteiger charge is -2.28. The van der Waals surface area contributed by atoms with Crippen LogP contribution < -0.4 is 4.90 Å². The van der Waals surface area contributed by atoms with Gasteiger partial charge in [0.1, 0.15) is 0 Å². The molecule has 1 nitrogen and oxygen atoms in total. The molecule has 9 aromatic carbocycles. The van der Waals surface area contributed by atoms with Crippen molar-refractivity contribution in [3.63, 3.8) is 0 Å². The molecule has 3 heteroatoms. The van der Waals surface area contributed by atoms with Gasteiger partial charge in [0.2, 0.25) is 0 Å². The summed E-state index contributed by atoms with van der Waals surface area (Å²) in [5.41, 5.74) is 10.7. The molecule has 11 rings (SSSR count). The monoisotopic (exact) mass is 735 g/mol. The highest BCUT2D eigenvalue weighted by atomic mass is 32.1. The number of rotatable bonds is 6. The molecule has 0 radical (unpaired) electrons. The quantitative estimate of drug-likeness (QED) is 0.164. The standard InChI is InChI=1S/C52H33NS2/c1-2-13-36(14-3-1)46-33-40(30-31-41(46)43-18-10-19-44-42-16-6-8-21-48(42)55-52(43)44)53(47-20-11-23-50-51(47)45-17-7-9-22-49(45)54-50)39-28-26-35(27-29-39)38-25-24-34-12-4-5-15-37(34)32-38/h1-33H. The van der Waals surface area contributed by atoms with Gasteiger partial charge in [0.25, 0.3) is 0 Å². The van der Waals surface area contributed by atoms with Crippen molar-refractivity contribution < 1.29 is 0 Å². The minimum atomic E-state index is 1.12. The third kappa shape index (κ3) is 5.43. The molecule has 0 aliphatic heterocycles. The molecular weight excluding hydrogens is 703 g/mol. The van der Waals surface area contributed by atoms with Crippen LogP contribution in [-0.2, 0) is 0 Å². The van der Waals surface area contributed by atoms with Crippen molar-refractivity contribution in [1.29, 1.82) is 0 Å². The van der Waals surface area contributed by atoms with Gasteiger partial charge in [0.05, 0.1) is 5.69 Å². The lowest BCUT2D eigenvalue weighted by Crippen LogP contribution is -2.10. The zero-order valence-electron chi connectivity index (χ0n) is 29.8. The Kier molecular flexibility index (Phi) is 7.61. The van der Waals surface area contributed by atoms with Crippen molar-refractivity contribution in [2.75, 3.05) is 4.90 Å². The highest BCUT2D eigenvalue weighted by Crippen LogP contribution is 2.48. The molecule has 0 saturated heterocycles. The first-order valence-electron chi connectivity index (χ1n) is 18.7. The van der Waals surface area contributed by atoms with Gasteiger partial charge in [-0.3, -0.25) is 0 Å². The van der Waals surface area contributed by atoms with Gasteiger partial charge in [-0.1, -0.05) is 146 Å². The van der Waals surface area contributed by atoms with Crippen LogP contribution in [0.4, 0.5) is 17.1 Å². The number of anilines is 3. The van der Waals surface area contributed by atoms with Gasteiger partial charge in [0.15, 0.2) is 0 Å². The molecule has 11 aromatic rings. The van der Waals surface area contributed by atoms with Crippen LogP contribution in [-0.4, -0.2) is 0 Å². The van der Waals surface area contributed by atoms with E-state index in [-0.39, 0.29) is 0 Å². The highest BCUT2D eigenvalue weighted by Gasteiger charge is 2.21. The van der Waals surface area contributed by atoms with Gasteiger partial charge in [-0.15, -0.1) is 22.7 Å². The summed E-state index contributed by atoms with van der Waals surface area (Å²) in [6.45, 7) is 0. The summed E-state index contributed by atoms with van der Waals surface area (Å²) in [6, 6.07) is 73.5. The van der Waals surface area contributed by atoms with Gasteiger partial charge < -0.3 is 4.90 Å². The van der Waals surface area contributed by atoms with Gasteiger partial charge in [0, 0.05) is 57.3 Å². The molecule has 0 bridgehead atoms. The maximum Gasteiger partial charge on any atom is 0.0554 e. The minimum Gasteiger partial charge on any atom is -0.310 e. The van der Waals surface area contributed by atoms with E-state index in [2.05, 4.69) is 205 Å². The van der Waals surface area contributed by atoms with E-state index in [0.717, 1.165) is 11.4 Å². The molecule has 2 aromatic heterocycles. The number of benzene rings is 9. The molecule has 55 heavy (non-hydrogen) atoms. The van der Waals surface area contributed by atoms with Crippen molar-refractivity contribution in [3.05, 3.63) is 200 Å².